The molecule has 1 fully saturated rings. The Labute approximate surface area is 96.9 Å². The molecule has 1 aliphatic rings. The van der Waals surface area contributed by atoms with Gasteiger partial charge in [0.25, 0.3) is 0 Å². The summed E-state index contributed by atoms with van der Waals surface area (Å²) in [6.45, 7) is 5.91. The molecule has 0 radical (unpaired) electrons. The third-order valence-electron chi connectivity index (χ3n) is 3.60. The first kappa shape index (κ1) is 12.9. The highest BCUT2D eigenvalue weighted by Gasteiger charge is 2.42. The fourth-order valence-corrected chi connectivity index (χ4v) is 2.52. The Morgan fingerprint density at radius 3 is 2.50 bits per heavy atom. The number of carbonyl (C=O) groups excluding carboxylic acids is 2. The standard InChI is InChI=1S/C13H20O3/c1-9(14)10-7-8-13(2,3)11(10)5-6-12(15)16-4/h5-6,10-11H,7-8H2,1-4H3/b6-5-/t10-,11-/m1/s1. The minimum absolute atomic E-state index is 0.0518. The summed E-state index contributed by atoms with van der Waals surface area (Å²) in [5, 5.41) is 0. The molecule has 1 rings (SSSR count). The van der Waals surface area contributed by atoms with Crippen molar-refractivity contribution >= 4 is 11.8 Å². The Morgan fingerprint density at radius 2 is 2.00 bits per heavy atom. The Kier molecular flexibility index (Phi) is 3.89. The highest BCUT2D eigenvalue weighted by molar-refractivity contribution is 5.82. The molecule has 0 bridgehead atoms. The molecular formula is C13H20O3. The van der Waals surface area contributed by atoms with Crippen LogP contribution in [0.2, 0.25) is 0 Å². The first-order chi connectivity index (χ1) is 7.38. The van der Waals surface area contributed by atoms with E-state index in [-0.39, 0.29) is 29.0 Å². The van der Waals surface area contributed by atoms with E-state index in [0.29, 0.717) is 0 Å². The van der Waals surface area contributed by atoms with Gasteiger partial charge in [-0.25, -0.2) is 4.79 Å². The molecule has 0 aliphatic heterocycles. The van der Waals surface area contributed by atoms with Crippen LogP contribution in [0.5, 0.6) is 0 Å². The van der Waals surface area contributed by atoms with Crippen molar-refractivity contribution in [2.45, 2.75) is 33.6 Å². The van der Waals surface area contributed by atoms with Crippen molar-refractivity contribution in [3.8, 4) is 0 Å². The van der Waals surface area contributed by atoms with Crippen molar-refractivity contribution in [2.75, 3.05) is 7.11 Å². The van der Waals surface area contributed by atoms with E-state index in [1.807, 2.05) is 6.08 Å². The molecular weight excluding hydrogens is 204 g/mol. The van der Waals surface area contributed by atoms with Crippen LogP contribution in [0.4, 0.5) is 0 Å². The molecule has 1 aliphatic carbocycles. The van der Waals surface area contributed by atoms with Crippen LogP contribution in [-0.2, 0) is 14.3 Å². The molecule has 0 saturated heterocycles. The molecule has 2 atom stereocenters. The summed E-state index contributed by atoms with van der Waals surface area (Å²) in [5.74, 6) is 0.0510. The van der Waals surface area contributed by atoms with E-state index < -0.39 is 0 Å². The van der Waals surface area contributed by atoms with Gasteiger partial charge in [0.15, 0.2) is 0 Å². The zero-order valence-electron chi connectivity index (χ0n) is 10.4. The van der Waals surface area contributed by atoms with Crippen molar-refractivity contribution in [3.05, 3.63) is 12.2 Å². The quantitative estimate of drug-likeness (QED) is 0.546. The number of Topliss-reactive ketones (excluding diaryl/α,β-unsaturated/α-hetero) is 1. The average molecular weight is 224 g/mol. The van der Waals surface area contributed by atoms with Gasteiger partial charge < -0.3 is 4.74 Å². The van der Waals surface area contributed by atoms with Gasteiger partial charge in [0.05, 0.1) is 7.11 Å². The van der Waals surface area contributed by atoms with Gasteiger partial charge >= 0.3 is 5.97 Å². The summed E-state index contributed by atoms with van der Waals surface area (Å²) in [6.07, 6.45) is 5.21. The predicted octanol–water partition coefficient (Wildman–Crippen LogP) is 2.36. The van der Waals surface area contributed by atoms with E-state index in [1.54, 1.807) is 6.92 Å². The van der Waals surface area contributed by atoms with E-state index in [4.69, 9.17) is 0 Å². The average Bonchev–Trinajstić information content (AvgIpc) is 2.50. The van der Waals surface area contributed by atoms with E-state index in [1.165, 1.54) is 13.2 Å². The maximum Gasteiger partial charge on any atom is 0.330 e. The van der Waals surface area contributed by atoms with Crippen molar-refractivity contribution in [1.29, 1.82) is 0 Å². The smallest absolute Gasteiger partial charge is 0.330 e. The molecule has 0 unspecified atom stereocenters. The molecule has 0 aromatic carbocycles. The third-order valence-corrected chi connectivity index (χ3v) is 3.60. The number of hydrogen-bond acceptors (Lipinski definition) is 3. The number of esters is 1. The lowest BCUT2D eigenvalue weighted by atomic mass is 9.77. The van der Waals surface area contributed by atoms with Gasteiger partial charge in [0.2, 0.25) is 0 Å². The SMILES string of the molecule is COC(=O)/C=C\[C@@H]1[C@@H](C(C)=O)CCC1(C)C. The first-order valence-corrected chi connectivity index (χ1v) is 5.65. The predicted molar refractivity (Wildman–Crippen MR) is 61.8 cm³/mol. The molecule has 0 heterocycles. The van der Waals surface area contributed by atoms with Gasteiger partial charge in [-0.2, -0.15) is 0 Å². The number of methoxy groups -OCH3 is 1. The zero-order chi connectivity index (χ0) is 12.3. The van der Waals surface area contributed by atoms with Crippen LogP contribution >= 0.6 is 0 Å². The monoisotopic (exact) mass is 224 g/mol. The van der Waals surface area contributed by atoms with E-state index >= 15 is 0 Å². The van der Waals surface area contributed by atoms with E-state index in [9.17, 15) is 9.59 Å². The Bertz CT molecular complexity index is 315. The Hall–Kier alpha value is -1.12. The van der Waals surface area contributed by atoms with E-state index in [0.717, 1.165) is 12.8 Å². The van der Waals surface area contributed by atoms with Gasteiger partial charge in [0, 0.05) is 12.0 Å². The largest absolute Gasteiger partial charge is 0.466 e. The van der Waals surface area contributed by atoms with Crippen molar-refractivity contribution in [3.63, 3.8) is 0 Å². The van der Waals surface area contributed by atoms with Crippen LogP contribution < -0.4 is 0 Å². The highest BCUT2D eigenvalue weighted by atomic mass is 16.5. The number of ether oxygens (including phenoxy) is 1. The molecule has 0 aromatic rings. The van der Waals surface area contributed by atoms with Gasteiger partial charge in [-0.1, -0.05) is 19.9 Å². The van der Waals surface area contributed by atoms with Crippen molar-refractivity contribution < 1.29 is 14.3 Å². The number of carbonyl (C=O) groups is 2. The number of rotatable bonds is 3. The molecule has 0 spiro atoms. The van der Waals surface area contributed by atoms with Gasteiger partial charge in [-0.05, 0) is 31.1 Å². The summed E-state index contributed by atoms with van der Waals surface area (Å²) in [7, 11) is 1.36. The van der Waals surface area contributed by atoms with Crippen LogP contribution in [0, 0.1) is 17.3 Å². The summed E-state index contributed by atoms with van der Waals surface area (Å²) in [5.41, 5.74) is 0.0842. The number of ketones is 1. The summed E-state index contributed by atoms with van der Waals surface area (Å²) in [4.78, 5) is 22.6. The molecule has 3 nitrogen and oxygen atoms in total. The normalized spacial score (nSPS) is 28.2. The molecule has 1 saturated carbocycles. The third kappa shape index (κ3) is 2.71. The van der Waals surface area contributed by atoms with Gasteiger partial charge in [-0.3, -0.25) is 4.79 Å². The van der Waals surface area contributed by atoms with Gasteiger partial charge in [0.1, 0.15) is 5.78 Å². The van der Waals surface area contributed by atoms with Crippen LogP contribution in [0.15, 0.2) is 12.2 Å². The summed E-state index contributed by atoms with van der Waals surface area (Å²) in [6, 6.07) is 0. The zero-order valence-corrected chi connectivity index (χ0v) is 10.4. The van der Waals surface area contributed by atoms with Crippen LogP contribution in [0.3, 0.4) is 0 Å². The lowest BCUT2D eigenvalue weighted by Crippen LogP contribution is -2.24. The summed E-state index contributed by atoms with van der Waals surface area (Å²) >= 11 is 0. The Morgan fingerprint density at radius 1 is 1.38 bits per heavy atom. The molecule has 90 valence electrons. The second kappa shape index (κ2) is 4.81. The lowest BCUT2D eigenvalue weighted by molar-refractivity contribution is -0.135. The second-order valence-corrected chi connectivity index (χ2v) is 5.15. The molecule has 0 aromatic heterocycles. The topological polar surface area (TPSA) is 43.4 Å². The summed E-state index contributed by atoms with van der Waals surface area (Å²) < 4.78 is 4.56. The molecule has 3 heteroatoms. The van der Waals surface area contributed by atoms with Crippen LogP contribution in [-0.4, -0.2) is 18.9 Å². The van der Waals surface area contributed by atoms with Crippen molar-refractivity contribution in [1.82, 2.24) is 0 Å². The van der Waals surface area contributed by atoms with E-state index in [2.05, 4.69) is 18.6 Å². The second-order valence-electron chi connectivity index (χ2n) is 5.15. The highest BCUT2D eigenvalue weighted by Crippen LogP contribution is 2.47. The Balaban J connectivity index is 2.83. The molecule has 16 heavy (non-hydrogen) atoms. The van der Waals surface area contributed by atoms with Crippen LogP contribution in [0.25, 0.3) is 0 Å². The van der Waals surface area contributed by atoms with Gasteiger partial charge in [-0.15, -0.1) is 0 Å². The minimum atomic E-state index is -0.356. The fourth-order valence-electron chi connectivity index (χ4n) is 2.52. The number of allylic oxidation sites excluding steroid dienone is 1. The number of hydrogen-bond donors (Lipinski definition) is 0. The first-order valence-electron chi connectivity index (χ1n) is 5.65. The molecule has 0 amide bonds. The molecule has 0 N–H and O–H groups in total. The maximum atomic E-state index is 11.5. The fraction of sp³-hybridized carbons (Fsp3) is 0.692. The minimum Gasteiger partial charge on any atom is -0.466 e. The maximum absolute atomic E-state index is 11.5. The lowest BCUT2D eigenvalue weighted by Gasteiger charge is -2.26. The van der Waals surface area contributed by atoms with Crippen LogP contribution in [0.1, 0.15) is 33.6 Å². The van der Waals surface area contributed by atoms with Crippen molar-refractivity contribution in [2.24, 2.45) is 17.3 Å².